The zero-order chi connectivity index (χ0) is 19.8. The zero-order valence-electron chi connectivity index (χ0n) is 14.5. The number of pyridine rings is 1. The van der Waals surface area contributed by atoms with Crippen LogP contribution in [0, 0.1) is 17.1 Å². The van der Waals surface area contributed by atoms with Crippen LogP contribution in [0.15, 0.2) is 40.2 Å². The lowest BCUT2D eigenvalue weighted by Crippen LogP contribution is -2.08. The Morgan fingerprint density at radius 2 is 2.15 bits per heavy atom. The number of nitrogens with one attached hydrogen (secondary N) is 2. The molecule has 0 fully saturated rings. The second-order valence-corrected chi connectivity index (χ2v) is 8.10. The van der Waals surface area contributed by atoms with E-state index in [4.69, 9.17) is 5.26 Å². The van der Waals surface area contributed by atoms with Crippen molar-refractivity contribution in [3.63, 3.8) is 0 Å². The Bertz CT molecular complexity index is 1220. The molecule has 27 heavy (non-hydrogen) atoms. The van der Waals surface area contributed by atoms with Gasteiger partial charge >= 0.3 is 0 Å². The van der Waals surface area contributed by atoms with Gasteiger partial charge in [0.1, 0.15) is 16.1 Å². The van der Waals surface area contributed by atoms with Crippen molar-refractivity contribution in [2.75, 3.05) is 11.6 Å². The molecule has 2 heterocycles. The molecule has 0 unspecified atom stereocenters. The van der Waals surface area contributed by atoms with E-state index < -0.39 is 26.1 Å². The fourth-order valence-corrected chi connectivity index (χ4v) is 3.49. The number of nitrogens with zero attached hydrogens (tertiary/aromatic N) is 3. The minimum atomic E-state index is -3.69. The van der Waals surface area contributed by atoms with Gasteiger partial charge in [0.05, 0.1) is 24.0 Å². The number of nitriles is 1. The molecule has 0 radical (unpaired) electrons. The second kappa shape index (κ2) is 6.85. The maximum Gasteiger partial charge on any atom is 0.261 e. The molecule has 0 spiro atoms. The number of hydrogen-bond acceptors (Lipinski definition) is 6. The summed E-state index contributed by atoms with van der Waals surface area (Å²) in [6.45, 7) is 1.79. The van der Waals surface area contributed by atoms with Gasteiger partial charge in [0.2, 0.25) is 0 Å². The van der Waals surface area contributed by atoms with Crippen LogP contribution in [0.2, 0.25) is 0 Å². The summed E-state index contributed by atoms with van der Waals surface area (Å²) < 4.78 is 38.7. The third-order valence-corrected chi connectivity index (χ3v) is 5.16. The number of aromatic amines is 1. The van der Waals surface area contributed by atoms with E-state index in [9.17, 15) is 17.6 Å². The van der Waals surface area contributed by atoms with Gasteiger partial charge in [-0.1, -0.05) is 0 Å². The molecule has 0 aliphatic carbocycles. The third kappa shape index (κ3) is 3.54. The number of halogens is 1. The van der Waals surface area contributed by atoms with Gasteiger partial charge in [-0.2, -0.15) is 10.4 Å². The molecular weight excluding hydrogens is 373 g/mol. The predicted octanol–water partition coefficient (Wildman–Crippen LogP) is 2.49. The van der Waals surface area contributed by atoms with E-state index in [2.05, 4.69) is 21.5 Å². The predicted molar refractivity (Wildman–Crippen MR) is 98.1 cm³/mol. The molecule has 1 aromatic carbocycles. The number of fused-ring (bicyclic) bond motifs is 1. The van der Waals surface area contributed by atoms with Crippen molar-refractivity contribution in [1.29, 1.82) is 5.26 Å². The van der Waals surface area contributed by atoms with Crippen molar-refractivity contribution in [2.45, 2.75) is 24.3 Å². The highest BCUT2D eigenvalue weighted by Crippen LogP contribution is 2.27. The molecule has 140 valence electrons. The smallest absolute Gasteiger partial charge is 0.261 e. The van der Waals surface area contributed by atoms with Gasteiger partial charge in [-0.05, 0) is 31.2 Å². The molecule has 0 aliphatic rings. The van der Waals surface area contributed by atoms with Crippen molar-refractivity contribution in [1.82, 2.24) is 14.8 Å². The molecule has 3 rings (SSSR count). The number of benzene rings is 1. The average molecular weight is 389 g/mol. The average Bonchev–Trinajstić information content (AvgIpc) is 2.94. The van der Waals surface area contributed by atoms with Crippen LogP contribution >= 0.6 is 0 Å². The fraction of sp³-hybridized carbons (Fsp3) is 0.235. The van der Waals surface area contributed by atoms with Crippen LogP contribution in [0.3, 0.4) is 0 Å². The summed E-state index contributed by atoms with van der Waals surface area (Å²) in [5.74, 6) is -0.721. The molecule has 0 bridgehead atoms. The first-order chi connectivity index (χ1) is 12.7. The van der Waals surface area contributed by atoms with Crippen LogP contribution in [0.25, 0.3) is 10.9 Å². The van der Waals surface area contributed by atoms with E-state index >= 15 is 0 Å². The van der Waals surface area contributed by atoms with Crippen molar-refractivity contribution >= 4 is 32.2 Å². The zero-order valence-corrected chi connectivity index (χ0v) is 15.3. The number of anilines is 2. The lowest BCUT2D eigenvalue weighted by molar-refractivity contribution is 0.518. The molecule has 0 saturated heterocycles. The second-order valence-electron chi connectivity index (χ2n) is 6.11. The van der Waals surface area contributed by atoms with Gasteiger partial charge < -0.3 is 10.3 Å². The first-order valence-electron chi connectivity index (χ1n) is 7.96. The SMILES string of the molecule is C[C@@H](CC#N)n1nc(Nc2ccc(S(C)(=O)=O)c(F)c2)c2c(=O)[nH]ccc21. The van der Waals surface area contributed by atoms with Crippen LogP contribution in [-0.4, -0.2) is 29.4 Å². The molecular formula is C17H16FN5O3S. The quantitative estimate of drug-likeness (QED) is 0.692. The number of sulfone groups is 1. The Balaban J connectivity index is 2.09. The molecule has 1 atom stereocenters. The van der Waals surface area contributed by atoms with Gasteiger partial charge in [0, 0.05) is 18.1 Å². The van der Waals surface area contributed by atoms with E-state index in [1.807, 2.05) is 0 Å². The Kier molecular flexibility index (Phi) is 4.72. The van der Waals surface area contributed by atoms with Crippen LogP contribution in [-0.2, 0) is 9.84 Å². The highest BCUT2D eigenvalue weighted by molar-refractivity contribution is 7.90. The molecule has 0 aliphatic heterocycles. The lowest BCUT2D eigenvalue weighted by Gasteiger charge is -2.09. The Hall–Kier alpha value is -3.19. The minimum absolute atomic E-state index is 0.183. The Morgan fingerprint density at radius 3 is 2.78 bits per heavy atom. The van der Waals surface area contributed by atoms with Crippen molar-refractivity contribution in [3.05, 3.63) is 46.6 Å². The molecule has 3 aromatic rings. The molecule has 2 aromatic heterocycles. The number of rotatable bonds is 5. The number of H-pyrrole nitrogens is 1. The first-order valence-corrected chi connectivity index (χ1v) is 9.85. The van der Waals surface area contributed by atoms with Crippen molar-refractivity contribution in [3.8, 4) is 6.07 Å². The highest BCUT2D eigenvalue weighted by atomic mass is 32.2. The summed E-state index contributed by atoms with van der Waals surface area (Å²) in [4.78, 5) is 14.4. The summed E-state index contributed by atoms with van der Waals surface area (Å²) >= 11 is 0. The number of aromatic nitrogens is 3. The maximum absolute atomic E-state index is 14.1. The molecule has 10 heteroatoms. The van der Waals surface area contributed by atoms with Crippen LogP contribution < -0.4 is 10.9 Å². The largest absolute Gasteiger partial charge is 0.338 e. The summed E-state index contributed by atoms with van der Waals surface area (Å²) in [5, 5.41) is 16.4. The summed E-state index contributed by atoms with van der Waals surface area (Å²) in [7, 11) is -3.69. The van der Waals surface area contributed by atoms with E-state index in [-0.39, 0.29) is 29.4 Å². The van der Waals surface area contributed by atoms with Crippen molar-refractivity contribution < 1.29 is 12.8 Å². The first kappa shape index (κ1) is 18.6. The van der Waals surface area contributed by atoms with E-state index in [1.54, 1.807) is 17.7 Å². The monoisotopic (exact) mass is 389 g/mol. The van der Waals surface area contributed by atoms with Crippen LogP contribution in [0.1, 0.15) is 19.4 Å². The summed E-state index contributed by atoms with van der Waals surface area (Å²) in [6, 6.07) is 7.00. The Labute approximate surface area is 154 Å². The van der Waals surface area contributed by atoms with Gasteiger partial charge in [0.25, 0.3) is 5.56 Å². The minimum Gasteiger partial charge on any atom is -0.338 e. The normalized spacial score (nSPS) is 12.7. The molecule has 2 N–H and O–H groups in total. The standard InChI is InChI=1S/C17H16FN5O3S/c1-10(5-7-19)23-13-6-8-20-17(24)15(13)16(22-23)21-11-3-4-14(12(18)9-11)27(2,25)26/h3-4,6,8-10H,5H2,1-2H3,(H,20,24)(H,21,22)/t10-/m0/s1. The van der Waals surface area contributed by atoms with Gasteiger partial charge in [-0.25, -0.2) is 12.8 Å². The number of hydrogen-bond donors (Lipinski definition) is 2. The van der Waals surface area contributed by atoms with Crippen LogP contribution in [0.4, 0.5) is 15.9 Å². The highest BCUT2D eigenvalue weighted by Gasteiger charge is 2.19. The molecule has 8 nitrogen and oxygen atoms in total. The van der Waals surface area contributed by atoms with Gasteiger partial charge in [-0.15, -0.1) is 0 Å². The molecule has 0 amide bonds. The van der Waals surface area contributed by atoms with Crippen LogP contribution in [0.5, 0.6) is 0 Å². The summed E-state index contributed by atoms with van der Waals surface area (Å²) in [6.07, 6.45) is 2.59. The Morgan fingerprint density at radius 1 is 1.41 bits per heavy atom. The topological polar surface area (TPSA) is 121 Å². The molecule has 0 saturated carbocycles. The van der Waals surface area contributed by atoms with Gasteiger partial charge in [-0.3, -0.25) is 9.48 Å². The van der Waals surface area contributed by atoms with Crippen molar-refractivity contribution in [2.24, 2.45) is 0 Å². The van der Waals surface area contributed by atoms with E-state index in [0.29, 0.717) is 5.52 Å². The van der Waals surface area contributed by atoms with E-state index in [0.717, 1.165) is 18.4 Å². The summed E-state index contributed by atoms with van der Waals surface area (Å²) in [5.41, 5.74) is 0.374. The maximum atomic E-state index is 14.1. The van der Waals surface area contributed by atoms with Gasteiger partial charge in [0.15, 0.2) is 15.7 Å². The third-order valence-electron chi connectivity index (χ3n) is 4.03. The van der Waals surface area contributed by atoms with E-state index in [1.165, 1.54) is 12.3 Å². The fourth-order valence-electron chi connectivity index (χ4n) is 2.76. The lowest BCUT2D eigenvalue weighted by atomic mass is 10.2.